The fourth-order valence-electron chi connectivity index (χ4n) is 2.25. The van der Waals surface area contributed by atoms with E-state index in [4.69, 9.17) is 5.73 Å². The largest absolute Gasteiger partial charge is 0.356 e. The lowest BCUT2D eigenvalue weighted by atomic mass is 10.1. The van der Waals surface area contributed by atoms with E-state index in [1.807, 2.05) is 18.7 Å². The number of nitrogens with two attached hydrogens (primary N) is 1. The van der Waals surface area contributed by atoms with Gasteiger partial charge >= 0.3 is 0 Å². The quantitative estimate of drug-likeness (QED) is 0.786. The van der Waals surface area contributed by atoms with Crippen LogP contribution in [0, 0.1) is 0 Å². The molecular formula is C13H27N3OS. The molecule has 5 heteroatoms. The number of hydrogen-bond acceptors (Lipinski definition) is 4. The van der Waals surface area contributed by atoms with Gasteiger partial charge in [-0.15, -0.1) is 0 Å². The molecule has 1 aliphatic heterocycles. The topological polar surface area (TPSA) is 58.4 Å². The SMILES string of the molecule is CCNC(=O)CC(CN)N1CCSC(C)(C)CC1. The lowest BCUT2D eigenvalue weighted by Crippen LogP contribution is -2.45. The van der Waals surface area contributed by atoms with Gasteiger partial charge in [0, 0.05) is 42.6 Å². The molecule has 1 atom stereocenters. The molecule has 106 valence electrons. The highest BCUT2D eigenvalue weighted by Gasteiger charge is 2.27. The van der Waals surface area contributed by atoms with Gasteiger partial charge in [-0.25, -0.2) is 0 Å². The average molecular weight is 273 g/mol. The van der Waals surface area contributed by atoms with Crippen LogP contribution in [-0.4, -0.2) is 53.5 Å². The molecule has 0 aromatic carbocycles. The minimum absolute atomic E-state index is 0.115. The van der Waals surface area contributed by atoms with Crippen LogP contribution in [0.2, 0.25) is 0 Å². The highest BCUT2D eigenvalue weighted by atomic mass is 32.2. The van der Waals surface area contributed by atoms with Gasteiger partial charge in [0.25, 0.3) is 0 Å². The highest BCUT2D eigenvalue weighted by Crippen LogP contribution is 2.31. The Balaban J connectivity index is 2.51. The van der Waals surface area contributed by atoms with Crippen molar-refractivity contribution < 1.29 is 4.79 Å². The first-order chi connectivity index (χ1) is 8.48. The summed E-state index contributed by atoms with van der Waals surface area (Å²) in [6.45, 7) is 9.86. The van der Waals surface area contributed by atoms with Crippen LogP contribution in [0.15, 0.2) is 0 Å². The maximum Gasteiger partial charge on any atom is 0.221 e. The Labute approximate surface area is 115 Å². The van der Waals surface area contributed by atoms with Gasteiger partial charge in [0.1, 0.15) is 0 Å². The Morgan fingerprint density at radius 1 is 1.50 bits per heavy atom. The molecule has 1 rings (SSSR count). The summed E-state index contributed by atoms with van der Waals surface area (Å²) in [6.07, 6.45) is 1.68. The molecule has 1 saturated heterocycles. The highest BCUT2D eigenvalue weighted by molar-refractivity contribution is 8.00. The molecule has 1 unspecified atom stereocenters. The number of thioether (sulfide) groups is 1. The second-order valence-electron chi connectivity index (χ2n) is 5.44. The zero-order valence-corrected chi connectivity index (χ0v) is 12.7. The maximum atomic E-state index is 11.7. The maximum absolute atomic E-state index is 11.7. The van der Waals surface area contributed by atoms with Gasteiger partial charge in [0.05, 0.1) is 0 Å². The summed E-state index contributed by atoms with van der Waals surface area (Å²) in [5.41, 5.74) is 5.84. The minimum Gasteiger partial charge on any atom is -0.356 e. The Morgan fingerprint density at radius 2 is 2.22 bits per heavy atom. The molecule has 3 N–H and O–H groups in total. The second-order valence-corrected chi connectivity index (χ2v) is 7.24. The molecule has 0 spiro atoms. The van der Waals surface area contributed by atoms with Crippen molar-refractivity contribution in [3.8, 4) is 0 Å². The van der Waals surface area contributed by atoms with Crippen LogP contribution in [0.4, 0.5) is 0 Å². The summed E-state index contributed by atoms with van der Waals surface area (Å²) in [5, 5.41) is 2.85. The van der Waals surface area contributed by atoms with Crippen LogP contribution in [0.5, 0.6) is 0 Å². The molecule has 18 heavy (non-hydrogen) atoms. The average Bonchev–Trinajstić information content (AvgIpc) is 2.48. The van der Waals surface area contributed by atoms with Crippen LogP contribution in [0.1, 0.15) is 33.6 Å². The predicted molar refractivity (Wildman–Crippen MR) is 78.9 cm³/mol. The van der Waals surface area contributed by atoms with Gasteiger partial charge in [-0.05, 0) is 19.9 Å². The van der Waals surface area contributed by atoms with E-state index in [1.165, 1.54) is 0 Å². The van der Waals surface area contributed by atoms with E-state index in [1.54, 1.807) is 0 Å². The van der Waals surface area contributed by atoms with Crippen LogP contribution in [-0.2, 0) is 4.79 Å². The molecule has 0 radical (unpaired) electrons. The van der Waals surface area contributed by atoms with E-state index in [-0.39, 0.29) is 11.9 Å². The van der Waals surface area contributed by atoms with Crippen molar-refractivity contribution in [2.24, 2.45) is 5.73 Å². The van der Waals surface area contributed by atoms with Crippen LogP contribution >= 0.6 is 11.8 Å². The van der Waals surface area contributed by atoms with Crippen LogP contribution in [0.25, 0.3) is 0 Å². The first kappa shape index (κ1) is 15.8. The summed E-state index contributed by atoms with van der Waals surface area (Å²) in [7, 11) is 0. The van der Waals surface area contributed by atoms with E-state index in [9.17, 15) is 4.79 Å². The lowest BCUT2D eigenvalue weighted by molar-refractivity contribution is -0.122. The molecule has 0 aromatic heterocycles. The standard InChI is InChI=1S/C13H27N3OS/c1-4-15-12(17)9-11(10-14)16-6-5-13(2,3)18-8-7-16/h11H,4-10,14H2,1-3H3,(H,15,17). The third-order valence-electron chi connectivity index (χ3n) is 3.46. The van der Waals surface area contributed by atoms with Crippen LogP contribution < -0.4 is 11.1 Å². The molecule has 0 saturated carbocycles. The van der Waals surface area contributed by atoms with E-state index in [2.05, 4.69) is 24.1 Å². The third kappa shape index (κ3) is 5.16. The zero-order chi connectivity index (χ0) is 13.6. The molecule has 1 heterocycles. The summed E-state index contributed by atoms with van der Waals surface area (Å²) in [6, 6.07) is 0.186. The monoisotopic (exact) mass is 273 g/mol. The van der Waals surface area contributed by atoms with E-state index in [0.29, 0.717) is 24.3 Å². The molecule has 1 amide bonds. The van der Waals surface area contributed by atoms with E-state index in [0.717, 1.165) is 25.3 Å². The Kier molecular flexibility index (Phi) is 6.46. The first-order valence-corrected chi connectivity index (χ1v) is 7.82. The molecule has 0 aromatic rings. The van der Waals surface area contributed by atoms with Gasteiger partial charge < -0.3 is 11.1 Å². The molecular weight excluding hydrogens is 246 g/mol. The van der Waals surface area contributed by atoms with Gasteiger partial charge in [-0.1, -0.05) is 13.8 Å². The number of carbonyl (C=O) groups is 1. The summed E-state index contributed by atoms with van der Waals surface area (Å²) < 4.78 is 0.347. The Morgan fingerprint density at radius 3 is 2.83 bits per heavy atom. The first-order valence-electron chi connectivity index (χ1n) is 6.83. The number of hydrogen-bond donors (Lipinski definition) is 2. The zero-order valence-electron chi connectivity index (χ0n) is 11.9. The van der Waals surface area contributed by atoms with Crippen molar-refractivity contribution in [2.45, 2.75) is 44.4 Å². The minimum atomic E-state index is 0.115. The smallest absolute Gasteiger partial charge is 0.221 e. The van der Waals surface area contributed by atoms with Gasteiger partial charge in [-0.3, -0.25) is 9.69 Å². The summed E-state index contributed by atoms with van der Waals surface area (Å²) in [4.78, 5) is 14.1. The van der Waals surface area contributed by atoms with Crippen molar-refractivity contribution in [1.82, 2.24) is 10.2 Å². The number of carbonyl (C=O) groups excluding carboxylic acids is 1. The second kappa shape index (κ2) is 7.36. The summed E-state index contributed by atoms with van der Waals surface area (Å²) >= 11 is 2.02. The van der Waals surface area contributed by atoms with Gasteiger partial charge in [-0.2, -0.15) is 11.8 Å². The van der Waals surface area contributed by atoms with Crippen molar-refractivity contribution in [2.75, 3.05) is 31.9 Å². The van der Waals surface area contributed by atoms with Crippen molar-refractivity contribution in [1.29, 1.82) is 0 Å². The van der Waals surface area contributed by atoms with Crippen molar-refractivity contribution in [3.05, 3.63) is 0 Å². The van der Waals surface area contributed by atoms with Gasteiger partial charge in [0.15, 0.2) is 0 Å². The summed E-state index contributed by atoms with van der Waals surface area (Å²) in [5.74, 6) is 1.24. The Hall–Kier alpha value is -0.260. The molecule has 4 nitrogen and oxygen atoms in total. The number of amides is 1. The van der Waals surface area contributed by atoms with Gasteiger partial charge in [0.2, 0.25) is 5.91 Å². The lowest BCUT2D eigenvalue weighted by Gasteiger charge is -2.29. The fraction of sp³-hybridized carbons (Fsp3) is 0.923. The molecule has 1 aliphatic rings. The molecule has 0 bridgehead atoms. The fourth-order valence-corrected chi connectivity index (χ4v) is 3.36. The van der Waals surface area contributed by atoms with E-state index < -0.39 is 0 Å². The number of nitrogens with one attached hydrogen (secondary N) is 1. The van der Waals surface area contributed by atoms with Crippen LogP contribution in [0.3, 0.4) is 0 Å². The number of nitrogens with zero attached hydrogens (tertiary/aromatic N) is 1. The van der Waals surface area contributed by atoms with Crippen molar-refractivity contribution in [3.63, 3.8) is 0 Å². The third-order valence-corrected chi connectivity index (χ3v) is 4.83. The normalized spacial score (nSPS) is 22.2. The molecule has 1 fully saturated rings. The Bertz CT molecular complexity index is 271. The molecule has 0 aliphatic carbocycles. The predicted octanol–water partition coefficient (Wildman–Crippen LogP) is 1.06. The number of rotatable bonds is 5. The van der Waals surface area contributed by atoms with E-state index >= 15 is 0 Å². The van der Waals surface area contributed by atoms with Crippen molar-refractivity contribution >= 4 is 17.7 Å².